The number of aliphatic carboxylic acids is 1. The number of carbonyl (C=O) groups excluding carboxylic acids is 2. The summed E-state index contributed by atoms with van der Waals surface area (Å²) in [6.45, 7) is 1.99. The van der Waals surface area contributed by atoms with E-state index in [1.807, 2.05) is 0 Å². The van der Waals surface area contributed by atoms with Crippen molar-refractivity contribution in [3.63, 3.8) is 0 Å². The molecule has 0 aliphatic carbocycles. The summed E-state index contributed by atoms with van der Waals surface area (Å²) in [5.41, 5.74) is 0. The standard InChI is InChI=1S/C12H19N3O5/c1-13-2-3-14(7-10(13)16)12(19)15-4-5-20-8-9(15)6-11(17)18/h9H,2-8H2,1H3,(H,17,18). The molecule has 112 valence electrons. The van der Waals surface area contributed by atoms with Crippen LogP contribution < -0.4 is 0 Å². The van der Waals surface area contributed by atoms with Crippen LogP contribution in [0.2, 0.25) is 0 Å². The van der Waals surface area contributed by atoms with Crippen LogP contribution >= 0.6 is 0 Å². The Bertz CT molecular complexity index is 414. The minimum atomic E-state index is -0.965. The summed E-state index contributed by atoms with van der Waals surface area (Å²) in [7, 11) is 1.70. The molecule has 8 nitrogen and oxygen atoms in total. The number of carbonyl (C=O) groups is 3. The summed E-state index contributed by atoms with van der Waals surface area (Å²) in [4.78, 5) is 39.5. The third-order valence-electron chi connectivity index (χ3n) is 3.61. The van der Waals surface area contributed by atoms with E-state index in [1.54, 1.807) is 11.9 Å². The van der Waals surface area contributed by atoms with Gasteiger partial charge < -0.3 is 24.5 Å². The number of hydrogen-bond acceptors (Lipinski definition) is 4. The fraction of sp³-hybridized carbons (Fsp3) is 0.750. The van der Waals surface area contributed by atoms with Crippen LogP contribution in [0.4, 0.5) is 4.79 Å². The van der Waals surface area contributed by atoms with Gasteiger partial charge in [-0.2, -0.15) is 0 Å². The number of likely N-dealkylation sites (N-methyl/N-ethyl adjacent to an activating group) is 1. The van der Waals surface area contributed by atoms with Gasteiger partial charge in [-0.15, -0.1) is 0 Å². The van der Waals surface area contributed by atoms with Gasteiger partial charge in [-0.1, -0.05) is 0 Å². The molecule has 0 radical (unpaired) electrons. The minimum absolute atomic E-state index is 0.0481. The van der Waals surface area contributed by atoms with Crippen LogP contribution in [0.25, 0.3) is 0 Å². The van der Waals surface area contributed by atoms with Gasteiger partial charge in [0.05, 0.1) is 25.7 Å². The highest BCUT2D eigenvalue weighted by Gasteiger charge is 2.34. The Morgan fingerprint density at radius 2 is 2.10 bits per heavy atom. The van der Waals surface area contributed by atoms with Crippen molar-refractivity contribution in [2.45, 2.75) is 12.5 Å². The van der Waals surface area contributed by atoms with Crippen molar-refractivity contribution in [3.05, 3.63) is 0 Å². The number of piperazine rings is 1. The monoisotopic (exact) mass is 285 g/mol. The van der Waals surface area contributed by atoms with E-state index in [1.165, 1.54) is 9.80 Å². The largest absolute Gasteiger partial charge is 0.481 e. The lowest BCUT2D eigenvalue weighted by atomic mass is 10.1. The molecule has 0 spiro atoms. The fourth-order valence-electron chi connectivity index (χ4n) is 2.38. The third kappa shape index (κ3) is 3.19. The summed E-state index contributed by atoms with van der Waals surface area (Å²) >= 11 is 0. The summed E-state index contributed by atoms with van der Waals surface area (Å²) < 4.78 is 5.24. The number of ether oxygens (including phenoxy) is 1. The van der Waals surface area contributed by atoms with Crippen LogP contribution in [0, 0.1) is 0 Å². The first-order chi connectivity index (χ1) is 9.49. The Hall–Kier alpha value is -1.83. The van der Waals surface area contributed by atoms with Crippen molar-refractivity contribution in [3.8, 4) is 0 Å². The molecule has 2 rings (SSSR count). The molecule has 0 bridgehead atoms. The number of amides is 3. The van der Waals surface area contributed by atoms with Crippen LogP contribution in [0.1, 0.15) is 6.42 Å². The van der Waals surface area contributed by atoms with Gasteiger partial charge in [0.25, 0.3) is 0 Å². The maximum Gasteiger partial charge on any atom is 0.320 e. The second kappa shape index (κ2) is 6.08. The van der Waals surface area contributed by atoms with Gasteiger partial charge in [0.1, 0.15) is 6.54 Å². The average Bonchev–Trinajstić information content (AvgIpc) is 2.41. The van der Waals surface area contributed by atoms with Crippen LogP contribution in [-0.2, 0) is 14.3 Å². The zero-order chi connectivity index (χ0) is 14.7. The molecule has 0 saturated carbocycles. The first-order valence-corrected chi connectivity index (χ1v) is 6.58. The SMILES string of the molecule is CN1CCN(C(=O)N2CCOCC2CC(=O)O)CC1=O. The molecule has 0 aromatic heterocycles. The molecule has 1 unspecified atom stereocenters. The Morgan fingerprint density at radius 3 is 2.75 bits per heavy atom. The van der Waals surface area contributed by atoms with Crippen LogP contribution in [0.3, 0.4) is 0 Å². The predicted molar refractivity (Wildman–Crippen MR) is 68.2 cm³/mol. The van der Waals surface area contributed by atoms with E-state index >= 15 is 0 Å². The van der Waals surface area contributed by atoms with Crippen molar-refractivity contribution >= 4 is 17.9 Å². The molecule has 3 amide bonds. The first kappa shape index (κ1) is 14.6. The van der Waals surface area contributed by atoms with Gasteiger partial charge in [-0.3, -0.25) is 9.59 Å². The van der Waals surface area contributed by atoms with Crippen LogP contribution in [-0.4, -0.2) is 90.2 Å². The van der Waals surface area contributed by atoms with Gasteiger partial charge in [0.15, 0.2) is 0 Å². The molecule has 2 aliphatic heterocycles. The number of morpholine rings is 1. The molecule has 1 N–H and O–H groups in total. The van der Waals surface area contributed by atoms with Gasteiger partial charge in [-0.05, 0) is 0 Å². The van der Waals surface area contributed by atoms with E-state index < -0.39 is 12.0 Å². The second-order valence-electron chi connectivity index (χ2n) is 5.04. The summed E-state index contributed by atoms with van der Waals surface area (Å²) in [5, 5.41) is 8.88. The number of urea groups is 1. The Kier molecular flexibility index (Phi) is 4.43. The van der Waals surface area contributed by atoms with E-state index in [4.69, 9.17) is 9.84 Å². The van der Waals surface area contributed by atoms with Crippen molar-refractivity contribution in [2.75, 3.05) is 46.4 Å². The highest BCUT2D eigenvalue weighted by molar-refractivity contribution is 5.85. The minimum Gasteiger partial charge on any atom is -0.481 e. The Morgan fingerprint density at radius 1 is 1.35 bits per heavy atom. The lowest BCUT2D eigenvalue weighted by Crippen LogP contribution is -2.58. The quantitative estimate of drug-likeness (QED) is 0.707. The van der Waals surface area contributed by atoms with E-state index in [0.29, 0.717) is 26.2 Å². The van der Waals surface area contributed by atoms with Crippen molar-refractivity contribution < 1.29 is 24.2 Å². The first-order valence-electron chi connectivity index (χ1n) is 6.58. The molecule has 2 fully saturated rings. The van der Waals surface area contributed by atoms with E-state index in [0.717, 1.165) is 0 Å². The number of hydrogen-bond donors (Lipinski definition) is 1. The Balaban J connectivity index is 2.02. The molecule has 20 heavy (non-hydrogen) atoms. The molecule has 2 saturated heterocycles. The van der Waals surface area contributed by atoms with Gasteiger partial charge in [0, 0.05) is 26.7 Å². The molecule has 0 aromatic carbocycles. The van der Waals surface area contributed by atoms with E-state index in [9.17, 15) is 14.4 Å². The van der Waals surface area contributed by atoms with Gasteiger partial charge >= 0.3 is 12.0 Å². The molecule has 1 atom stereocenters. The van der Waals surface area contributed by atoms with Crippen molar-refractivity contribution in [1.29, 1.82) is 0 Å². The smallest absolute Gasteiger partial charge is 0.320 e. The molecular weight excluding hydrogens is 266 g/mol. The lowest BCUT2D eigenvalue weighted by Gasteiger charge is -2.40. The summed E-state index contributed by atoms with van der Waals surface area (Å²) in [6, 6.07) is -0.746. The highest BCUT2D eigenvalue weighted by atomic mass is 16.5. The van der Waals surface area contributed by atoms with Crippen LogP contribution in [0.15, 0.2) is 0 Å². The molecule has 8 heteroatoms. The maximum atomic E-state index is 12.4. The normalized spacial score (nSPS) is 23.9. The lowest BCUT2D eigenvalue weighted by molar-refractivity contribution is -0.140. The highest BCUT2D eigenvalue weighted by Crippen LogP contribution is 2.15. The van der Waals surface area contributed by atoms with Gasteiger partial charge in [-0.25, -0.2) is 4.79 Å². The molecule has 0 aromatic rings. The molecule has 2 heterocycles. The molecular formula is C12H19N3O5. The fourth-order valence-corrected chi connectivity index (χ4v) is 2.38. The number of rotatable bonds is 2. The predicted octanol–water partition coefficient (Wildman–Crippen LogP) is -0.944. The zero-order valence-corrected chi connectivity index (χ0v) is 11.4. The number of carboxylic acid groups (broad SMARTS) is 1. The topological polar surface area (TPSA) is 90.4 Å². The molecule has 2 aliphatic rings. The van der Waals surface area contributed by atoms with E-state index in [2.05, 4.69) is 0 Å². The third-order valence-corrected chi connectivity index (χ3v) is 3.61. The van der Waals surface area contributed by atoms with Crippen LogP contribution in [0.5, 0.6) is 0 Å². The number of carboxylic acids is 1. The Labute approximate surface area is 116 Å². The van der Waals surface area contributed by atoms with Gasteiger partial charge in [0.2, 0.25) is 5.91 Å². The number of nitrogens with zero attached hydrogens (tertiary/aromatic N) is 3. The maximum absolute atomic E-state index is 12.4. The zero-order valence-electron chi connectivity index (χ0n) is 11.4. The average molecular weight is 285 g/mol. The summed E-state index contributed by atoms with van der Waals surface area (Å²) in [6.07, 6.45) is -0.145. The van der Waals surface area contributed by atoms with E-state index in [-0.39, 0.29) is 31.5 Å². The van der Waals surface area contributed by atoms with Crippen molar-refractivity contribution in [1.82, 2.24) is 14.7 Å². The second-order valence-corrected chi connectivity index (χ2v) is 5.04. The van der Waals surface area contributed by atoms with Crippen molar-refractivity contribution in [2.24, 2.45) is 0 Å². The summed E-state index contributed by atoms with van der Waals surface area (Å²) in [5.74, 6) is -1.07.